The number of nitrogens with zero attached hydrogens (tertiary/aromatic N) is 4. The monoisotopic (exact) mass is 312 g/mol. The minimum absolute atomic E-state index is 0.128. The van der Waals surface area contributed by atoms with Crippen LogP contribution >= 0.6 is 0 Å². The molecule has 0 spiro atoms. The van der Waals surface area contributed by atoms with E-state index in [-0.39, 0.29) is 17.8 Å². The highest BCUT2D eigenvalue weighted by molar-refractivity contribution is 5.94. The number of benzene rings is 1. The second kappa shape index (κ2) is 6.94. The Morgan fingerprint density at radius 1 is 1.43 bits per heavy atom. The maximum Gasteiger partial charge on any atom is 0.251 e. The van der Waals surface area contributed by atoms with Gasteiger partial charge in [-0.05, 0) is 45.3 Å². The maximum atomic E-state index is 12.1. The first-order chi connectivity index (χ1) is 10.9. The summed E-state index contributed by atoms with van der Waals surface area (Å²) in [6, 6.07) is 9.13. The molecule has 2 aromatic rings. The molecule has 1 aromatic carbocycles. The summed E-state index contributed by atoms with van der Waals surface area (Å²) in [5.41, 5.74) is 7.43. The second-order valence-corrected chi connectivity index (χ2v) is 5.54. The first-order valence-electron chi connectivity index (χ1n) is 7.22. The van der Waals surface area contributed by atoms with E-state index in [1.807, 2.05) is 32.0 Å². The molecule has 0 bridgehead atoms. The van der Waals surface area contributed by atoms with Crippen molar-refractivity contribution < 1.29 is 4.79 Å². The molecule has 2 rings (SSSR count). The van der Waals surface area contributed by atoms with Crippen LogP contribution in [0.5, 0.6) is 0 Å². The van der Waals surface area contributed by atoms with Crippen LogP contribution in [0.15, 0.2) is 30.5 Å². The fraction of sp³-hybridized carbons (Fsp3) is 0.312. The van der Waals surface area contributed by atoms with E-state index in [1.165, 1.54) is 10.9 Å². The number of amides is 1. The predicted molar refractivity (Wildman–Crippen MR) is 88.2 cm³/mol. The average molecular weight is 312 g/mol. The Morgan fingerprint density at radius 3 is 2.61 bits per heavy atom. The molecule has 7 nitrogen and oxygen atoms in total. The van der Waals surface area contributed by atoms with E-state index in [0.717, 1.165) is 0 Å². The number of carbonyl (C=O) groups excluding carboxylic acids is 1. The van der Waals surface area contributed by atoms with Gasteiger partial charge in [-0.2, -0.15) is 10.4 Å². The van der Waals surface area contributed by atoms with Crippen LogP contribution < -0.4 is 11.1 Å². The van der Waals surface area contributed by atoms with Crippen molar-refractivity contribution in [3.63, 3.8) is 0 Å². The number of nitrogens with two attached hydrogens (primary N) is 1. The number of nitrogen functional groups attached to an aromatic ring is 1. The Hall–Kier alpha value is -2.85. The fourth-order valence-corrected chi connectivity index (χ4v) is 1.93. The van der Waals surface area contributed by atoms with E-state index in [4.69, 9.17) is 11.0 Å². The van der Waals surface area contributed by atoms with Crippen molar-refractivity contribution >= 4 is 11.7 Å². The lowest BCUT2D eigenvalue weighted by molar-refractivity contribution is 0.0943. The van der Waals surface area contributed by atoms with Crippen LogP contribution in [-0.2, 0) is 0 Å². The van der Waals surface area contributed by atoms with E-state index in [0.29, 0.717) is 23.4 Å². The molecule has 0 saturated heterocycles. The lowest BCUT2D eigenvalue weighted by Crippen LogP contribution is -2.38. The molecule has 0 aliphatic carbocycles. The molecule has 3 N–H and O–H groups in total. The minimum atomic E-state index is -0.128. The Kier molecular flexibility index (Phi) is 4.98. The lowest BCUT2D eigenvalue weighted by atomic mass is 10.2. The number of hydrogen-bond donors (Lipinski definition) is 2. The fourth-order valence-electron chi connectivity index (χ4n) is 1.93. The first-order valence-corrected chi connectivity index (χ1v) is 7.22. The van der Waals surface area contributed by atoms with Gasteiger partial charge < -0.3 is 16.0 Å². The Morgan fingerprint density at radius 2 is 2.09 bits per heavy atom. The van der Waals surface area contributed by atoms with Gasteiger partial charge in [0.25, 0.3) is 5.91 Å². The van der Waals surface area contributed by atoms with E-state index in [1.54, 1.807) is 24.3 Å². The molecule has 0 unspecified atom stereocenters. The standard InChI is InChI=1S/C16H20N6O/c1-11(21(2)3)9-19-16(23)12-4-6-14(7-5-12)22-15(18)13(8-17)10-20-22/h4-7,10-11H,9,18H2,1-3H3,(H,19,23)/t11-/m1/s1. The molecule has 1 atom stereocenters. The summed E-state index contributed by atoms with van der Waals surface area (Å²) in [6.45, 7) is 2.61. The average Bonchev–Trinajstić information content (AvgIpc) is 2.93. The maximum absolute atomic E-state index is 12.1. The molecule has 0 aliphatic heterocycles. The second-order valence-electron chi connectivity index (χ2n) is 5.54. The highest BCUT2D eigenvalue weighted by Gasteiger charge is 2.11. The largest absolute Gasteiger partial charge is 0.382 e. The number of nitrogens with one attached hydrogen (secondary N) is 1. The van der Waals surface area contributed by atoms with Crippen molar-refractivity contribution in [2.45, 2.75) is 13.0 Å². The Bertz CT molecular complexity index is 726. The zero-order chi connectivity index (χ0) is 17.0. The Labute approximate surface area is 135 Å². The summed E-state index contributed by atoms with van der Waals surface area (Å²) in [5.74, 6) is 0.154. The predicted octanol–water partition coefficient (Wildman–Crippen LogP) is 1.01. The molecule has 1 amide bonds. The number of anilines is 1. The molecule has 23 heavy (non-hydrogen) atoms. The van der Waals surface area contributed by atoms with E-state index >= 15 is 0 Å². The zero-order valence-corrected chi connectivity index (χ0v) is 13.4. The van der Waals surface area contributed by atoms with Crippen molar-refractivity contribution in [2.24, 2.45) is 0 Å². The molecule has 1 heterocycles. The Balaban J connectivity index is 2.09. The normalized spacial score (nSPS) is 12.0. The first kappa shape index (κ1) is 16.5. The van der Waals surface area contributed by atoms with Crippen LogP contribution in [0, 0.1) is 11.3 Å². The van der Waals surface area contributed by atoms with Gasteiger partial charge in [0.1, 0.15) is 17.5 Å². The highest BCUT2D eigenvalue weighted by atomic mass is 16.1. The van der Waals surface area contributed by atoms with Gasteiger partial charge in [-0.15, -0.1) is 0 Å². The molecular formula is C16H20N6O. The van der Waals surface area contributed by atoms with Gasteiger partial charge in [-0.25, -0.2) is 4.68 Å². The van der Waals surface area contributed by atoms with Gasteiger partial charge in [0.2, 0.25) is 0 Å². The van der Waals surface area contributed by atoms with Crippen LogP contribution in [-0.4, -0.2) is 47.3 Å². The number of carbonyl (C=O) groups is 1. The number of hydrogen-bond acceptors (Lipinski definition) is 5. The summed E-state index contributed by atoms with van der Waals surface area (Å²) >= 11 is 0. The summed E-state index contributed by atoms with van der Waals surface area (Å²) in [6.07, 6.45) is 1.42. The number of rotatable bonds is 5. The number of aromatic nitrogens is 2. The van der Waals surface area contributed by atoms with Gasteiger partial charge in [-0.3, -0.25) is 4.79 Å². The third-order valence-electron chi connectivity index (χ3n) is 3.74. The lowest BCUT2D eigenvalue weighted by Gasteiger charge is -2.20. The SMILES string of the molecule is C[C@H](CNC(=O)c1ccc(-n2ncc(C#N)c2N)cc1)N(C)C. The van der Waals surface area contributed by atoms with Crippen LogP contribution in [0.25, 0.3) is 5.69 Å². The van der Waals surface area contributed by atoms with Gasteiger partial charge in [0, 0.05) is 18.2 Å². The van der Waals surface area contributed by atoms with Gasteiger partial charge in [0.05, 0.1) is 11.9 Å². The zero-order valence-electron chi connectivity index (χ0n) is 13.4. The quantitative estimate of drug-likeness (QED) is 0.858. The molecule has 0 saturated carbocycles. The van der Waals surface area contributed by atoms with Crippen molar-refractivity contribution in [3.8, 4) is 11.8 Å². The van der Waals surface area contributed by atoms with Crippen molar-refractivity contribution in [1.29, 1.82) is 5.26 Å². The van der Waals surface area contributed by atoms with Crippen molar-refractivity contribution in [2.75, 3.05) is 26.4 Å². The molecule has 1 aromatic heterocycles. The van der Waals surface area contributed by atoms with Crippen LogP contribution in [0.1, 0.15) is 22.8 Å². The topological polar surface area (TPSA) is 100.0 Å². The molecule has 120 valence electrons. The highest BCUT2D eigenvalue weighted by Crippen LogP contribution is 2.16. The summed E-state index contributed by atoms with van der Waals surface area (Å²) in [5, 5.41) is 15.9. The van der Waals surface area contributed by atoms with Gasteiger partial charge in [0.15, 0.2) is 0 Å². The van der Waals surface area contributed by atoms with Gasteiger partial charge >= 0.3 is 0 Å². The van der Waals surface area contributed by atoms with E-state index < -0.39 is 0 Å². The van der Waals surface area contributed by atoms with Crippen LogP contribution in [0.2, 0.25) is 0 Å². The molecule has 0 fully saturated rings. The third kappa shape index (κ3) is 3.67. The van der Waals surface area contributed by atoms with Crippen molar-refractivity contribution in [3.05, 3.63) is 41.6 Å². The number of likely N-dealkylation sites (N-methyl/N-ethyl adjacent to an activating group) is 1. The minimum Gasteiger partial charge on any atom is -0.382 e. The van der Waals surface area contributed by atoms with E-state index in [9.17, 15) is 4.79 Å². The summed E-state index contributed by atoms with van der Waals surface area (Å²) in [7, 11) is 3.94. The summed E-state index contributed by atoms with van der Waals surface area (Å²) < 4.78 is 1.47. The van der Waals surface area contributed by atoms with Crippen LogP contribution in [0.3, 0.4) is 0 Å². The number of nitriles is 1. The van der Waals surface area contributed by atoms with Crippen LogP contribution in [0.4, 0.5) is 5.82 Å². The third-order valence-corrected chi connectivity index (χ3v) is 3.74. The molecule has 7 heteroatoms. The van der Waals surface area contributed by atoms with Crippen molar-refractivity contribution in [1.82, 2.24) is 20.0 Å². The van der Waals surface area contributed by atoms with E-state index in [2.05, 4.69) is 10.4 Å². The van der Waals surface area contributed by atoms with Gasteiger partial charge in [-0.1, -0.05) is 0 Å². The summed E-state index contributed by atoms with van der Waals surface area (Å²) in [4.78, 5) is 14.2. The molecular weight excluding hydrogens is 292 g/mol. The smallest absolute Gasteiger partial charge is 0.251 e. The molecule has 0 radical (unpaired) electrons. The molecule has 0 aliphatic rings.